The second-order valence-corrected chi connectivity index (χ2v) is 2.70. The van der Waals surface area contributed by atoms with Crippen molar-refractivity contribution in [3.8, 4) is 0 Å². The predicted octanol–water partition coefficient (Wildman–Crippen LogP) is 1.92. The zero-order valence-corrected chi connectivity index (χ0v) is 6.62. The molecule has 0 aliphatic carbocycles. The molecule has 2 aromatic heterocycles. The number of aromatic nitrogens is 2. The zero-order valence-electron chi connectivity index (χ0n) is 5.73. The standard InChI is InChI=1S/C8H6N2S/c11-8-4-7-6(5-10-8)2-1-3-9-7/h1-5H,(H,10,11). The molecule has 2 nitrogen and oxygen atoms in total. The number of thiol groups is 1. The fourth-order valence-electron chi connectivity index (χ4n) is 0.955. The Morgan fingerprint density at radius 2 is 2.18 bits per heavy atom. The van der Waals surface area contributed by atoms with Crippen molar-refractivity contribution >= 4 is 23.5 Å². The second kappa shape index (κ2) is 2.51. The summed E-state index contributed by atoms with van der Waals surface area (Å²) in [7, 11) is 0. The van der Waals surface area contributed by atoms with Gasteiger partial charge in [-0.1, -0.05) is 0 Å². The molecule has 0 aliphatic heterocycles. The van der Waals surface area contributed by atoms with Crippen LogP contribution in [-0.2, 0) is 0 Å². The van der Waals surface area contributed by atoms with E-state index in [4.69, 9.17) is 0 Å². The maximum absolute atomic E-state index is 4.15. The van der Waals surface area contributed by atoms with Gasteiger partial charge in [-0.25, -0.2) is 4.98 Å². The minimum absolute atomic E-state index is 0.705. The van der Waals surface area contributed by atoms with Crippen LogP contribution in [0.5, 0.6) is 0 Å². The lowest BCUT2D eigenvalue weighted by Crippen LogP contribution is -1.80. The Kier molecular flexibility index (Phi) is 1.51. The molecule has 2 aromatic rings. The molecule has 0 saturated carbocycles. The van der Waals surface area contributed by atoms with Crippen molar-refractivity contribution in [2.45, 2.75) is 5.03 Å². The molecule has 2 rings (SSSR count). The van der Waals surface area contributed by atoms with Crippen LogP contribution in [0.4, 0.5) is 0 Å². The molecule has 0 spiro atoms. The number of fused-ring (bicyclic) bond motifs is 1. The van der Waals surface area contributed by atoms with E-state index < -0.39 is 0 Å². The Morgan fingerprint density at radius 1 is 1.27 bits per heavy atom. The second-order valence-electron chi connectivity index (χ2n) is 2.24. The van der Waals surface area contributed by atoms with Gasteiger partial charge < -0.3 is 0 Å². The first-order chi connectivity index (χ1) is 5.36. The molecule has 11 heavy (non-hydrogen) atoms. The van der Waals surface area contributed by atoms with E-state index in [9.17, 15) is 0 Å². The summed E-state index contributed by atoms with van der Waals surface area (Å²) in [5.74, 6) is 0. The third-order valence-corrected chi connectivity index (χ3v) is 1.72. The van der Waals surface area contributed by atoms with Crippen LogP contribution >= 0.6 is 12.6 Å². The van der Waals surface area contributed by atoms with Gasteiger partial charge in [0.25, 0.3) is 0 Å². The third-order valence-electron chi connectivity index (χ3n) is 1.47. The van der Waals surface area contributed by atoms with Gasteiger partial charge in [0.1, 0.15) is 0 Å². The summed E-state index contributed by atoms with van der Waals surface area (Å²) >= 11 is 4.11. The Balaban J connectivity index is 2.83. The first kappa shape index (κ1) is 6.61. The Morgan fingerprint density at radius 3 is 3.09 bits per heavy atom. The molecular formula is C8H6N2S. The van der Waals surface area contributed by atoms with E-state index in [1.54, 1.807) is 12.4 Å². The van der Waals surface area contributed by atoms with Crippen LogP contribution in [0.15, 0.2) is 35.6 Å². The van der Waals surface area contributed by atoms with Crippen LogP contribution in [0, 0.1) is 0 Å². The van der Waals surface area contributed by atoms with E-state index in [1.807, 2.05) is 18.2 Å². The van der Waals surface area contributed by atoms with Crippen LogP contribution in [0.25, 0.3) is 10.9 Å². The molecule has 3 heteroatoms. The molecule has 0 aliphatic rings. The minimum Gasteiger partial charge on any atom is -0.256 e. The van der Waals surface area contributed by atoms with Gasteiger partial charge in [0.2, 0.25) is 0 Å². The SMILES string of the molecule is Sc1cc2ncccc2cn1. The van der Waals surface area contributed by atoms with Gasteiger partial charge in [0, 0.05) is 17.8 Å². The summed E-state index contributed by atoms with van der Waals surface area (Å²) < 4.78 is 0. The van der Waals surface area contributed by atoms with Crippen LogP contribution in [-0.4, -0.2) is 9.97 Å². The summed E-state index contributed by atoms with van der Waals surface area (Å²) in [5.41, 5.74) is 0.938. The van der Waals surface area contributed by atoms with Gasteiger partial charge in [-0.05, 0) is 18.2 Å². The maximum Gasteiger partial charge on any atom is 0.0951 e. The van der Waals surface area contributed by atoms with Crippen LogP contribution in [0.2, 0.25) is 0 Å². The summed E-state index contributed by atoms with van der Waals surface area (Å²) in [6.07, 6.45) is 3.53. The van der Waals surface area contributed by atoms with E-state index in [2.05, 4.69) is 22.6 Å². The molecule has 0 unspecified atom stereocenters. The molecule has 54 valence electrons. The van der Waals surface area contributed by atoms with E-state index in [0.29, 0.717) is 5.03 Å². The quantitative estimate of drug-likeness (QED) is 0.599. The highest BCUT2D eigenvalue weighted by Crippen LogP contribution is 2.11. The lowest BCUT2D eigenvalue weighted by Gasteiger charge is -1.94. The Hall–Kier alpha value is -1.09. The minimum atomic E-state index is 0.705. The van der Waals surface area contributed by atoms with Crippen molar-refractivity contribution in [1.82, 2.24) is 9.97 Å². The Bertz CT molecular complexity index is 387. The van der Waals surface area contributed by atoms with Crippen molar-refractivity contribution in [3.05, 3.63) is 30.6 Å². The first-order valence-electron chi connectivity index (χ1n) is 3.26. The van der Waals surface area contributed by atoms with Crippen molar-refractivity contribution in [2.75, 3.05) is 0 Å². The molecule has 0 atom stereocenters. The summed E-state index contributed by atoms with van der Waals surface area (Å²) in [6.45, 7) is 0. The number of pyridine rings is 2. The van der Waals surface area contributed by atoms with E-state index in [0.717, 1.165) is 10.9 Å². The van der Waals surface area contributed by atoms with Crippen molar-refractivity contribution < 1.29 is 0 Å². The lowest BCUT2D eigenvalue weighted by molar-refractivity contribution is 1.16. The lowest BCUT2D eigenvalue weighted by atomic mass is 10.3. The largest absolute Gasteiger partial charge is 0.256 e. The predicted molar refractivity (Wildman–Crippen MR) is 46.8 cm³/mol. The van der Waals surface area contributed by atoms with Gasteiger partial charge in [-0.3, -0.25) is 4.98 Å². The molecular weight excluding hydrogens is 156 g/mol. The smallest absolute Gasteiger partial charge is 0.0951 e. The van der Waals surface area contributed by atoms with Crippen LogP contribution in [0.3, 0.4) is 0 Å². The maximum atomic E-state index is 4.15. The highest BCUT2D eigenvalue weighted by molar-refractivity contribution is 7.80. The molecule has 0 radical (unpaired) electrons. The average molecular weight is 162 g/mol. The summed E-state index contributed by atoms with van der Waals surface area (Å²) in [4.78, 5) is 8.18. The summed E-state index contributed by atoms with van der Waals surface area (Å²) in [6, 6.07) is 5.71. The average Bonchev–Trinajstić information content (AvgIpc) is 2.04. The highest BCUT2D eigenvalue weighted by atomic mass is 32.1. The molecule has 0 saturated heterocycles. The van der Waals surface area contributed by atoms with Gasteiger partial charge in [0.05, 0.1) is 10.5 Å². The number of nitrogens with zero attached hydrogens (tertiary/aromatic N) is 2. The van der Waals surface area contributed by atoms with Crippen molar-refractivity contribution in [2.24, 2.45) is 0 Å². The third kappa shape index (κ3) is 1.19. The number of rotatable bonds is 0. The molecule has 0 fully saturated rings. The molecule has 0 aromatic carbocycles. The normalized spacial score (nSPS) is 10.3. The fraction of sp³-hybridized carbons (Fsp3) is 0. The van der Waals surface area contributed by atoms with Gasteiger partial charge in [-0.2, -0.15) is 0 Å². The zero-order chi connectivity index (χ0) is 7.68. The monoisotopic (exact) mass is 162 g/mol. The number of hydrogen-bond acceptors (Lipinski definition) is 3. The van der Waals surface area contributed by atoms with Gasteiger partial charge in [0.15, 0.2) is 0 Å². The van der Waals surface area contributed by atoms with Crippen LogP contribution in [0.1, 0.15) is 0 Å². The first-order valence-corrected chi connectivity index (χ1v) is 3.71. The van der Waals surface area contributed by atoms with E-state index in [1.165, 1.54) is 0 Å². The van der Waals surface area contributed by atoms with Crippen molar-refractivity contribution in [3.63, 3.8) is 0 Å². The molecule has 0 amide bonds. The topological polar surface area (TPSA) is 25.8 Å². The van der Waals surface area contributed by atoms with E-state index in [-0.39, 0.29) is 0 Å². The summed E-state index contributed by atoms with van der Waals surface area (Å²) in [5, 5.41) is 1.75. The van der Waals surface area contributed by atoms with Gasteiger partial charge >= 0.3 is 0 Å². The number of hydrogen-bond donors (Lipinski definition) is 1. The molecule has 0 N–H and O–H groups in total. The molecule has 0 bridgehead atoms. The van der Waals surface area contributed by atoms with Crippen molar-refractivity contribution in [1.29, 1.82) is 0 Å². The van der Waals surface area contributed by atoms with Gasteiger partial charge in [-0.15, -0.1) is 12.6 Å². The van der Waals surface area contributed by atoms with Crippen LogP contribution < -0.4 is 0 Å². The molecule has 2 heterocycles. The van der Waals surface area contributed by atoms with E-state index >= 15 is 0 Å². The Labute approximate surface area is 69.7 Å². The fourth-order valence-corrected chi connectivity index (χ4v) is 1.13. The highest BCUT2D eigenvalue weighted by Gasteiger charge is 1.92.